The Balaban J connectivity index is 2.20. The van der Waals surface area contributed by atoms with Gasteiger partial charge in [0, 0.05) is 12.3 Å². The molecule has 0 spiro atoms. The summed E-state index contributed by atoms with van der Waals surface area (Å²) in [7, 11) is 2.20. The Labute approximate surface area is 117 Å². The molecule has 1 fully saturated rings. The minimum Gasteiger partial charge on any atom is -0.345 e. The van der Waals surface area contributed by atoms with E-state index in [0.29, 0.717) is 5.92 Å². The Morgan fingerprint density at radius 2 is 1.89 bits per heavy atom. The van der Waals surface area contributed by atoms with Crippen LogP contribution < -0.4 is 0 Å². The van der Waals surface area contributed by atoms with Crippen LogP contribution in [0.1, 0.15) is 39.2 Å². The second-order valence-corrected chi connectivity index (χ2v) is 6.89. The lowest BCUT2D eigenvalue weighted by atomic mass is 9.73. The molecule has 2 nitrogen and oxygen atoms in total. The second kappa shape index (κ2) is 5.26. The van der Waals surface area contributed by atoms with Crippen LogP contribution in [0.25, 0.3) is 0 Å². The fraction of sp³-hybridized carbons (Fsp3) is 0.647. The molecule has 1 aliphatic rings. The summed E-state index contributed by atoms with van der Waals surface area (Å²) in [6.45, 7) is 8.99. The molecule has 19 heavy (non-hydrogen) atoms. The average Bonchev–Trinajstić information content (AvgIpc) is 2.68. The Morgan fingerprint density at radius 1 is 1.26 bits per heavy atom. The fourth-order valence-electron chi connectivity index (χ4n) is 3.59. The molecule has 2 rings (SSSR count). The molecule has 0 radical (unpaired) electrons. The summed E-state index contributed by atoms with van der Waals surface area (Å²) in [5, 5.41) is 10.4. The zero-order chi connectivity index (χ0) is 14.1. The number of rotatable bonds is 4. The van der Waals surface area contributed by atoms with Gasteiger partial charge in [0.1, 0.15) is 0 Å². The molecule has 0 aromatic heterocycles. The molecule has 0 bridgehead atoms. The van der Waals surface area contributed by atoms with Gasteiger partial charge in [-0.25, -0.2) is 0 Å². The van der Waals surface area contributed by atoms with E-state index in [4.69, 9.17) is 0 Å². The molecule has 1 aliphatic heterocycles. The number of nitrogens with zero attached hydrogens (tertiary/aromatic N) is 1. The van der Waals surface area contributed by atoms with Crippen molar-refractivity contribution in [3.8, 4) is 0 Å². The van der Waals surface area contributed by atoms with E-state index in [0.717, 1.165) is 30.4 Å². The molecule has 1 saturated heterocycles. The maximum absolute atomic E-state index is 10.4. The number of quaternary nitrogens is 1. The number of aliphatic hydroxyl groups is 1. The van der Waals surface area contributed by atoms with Crippen molar-refractivity contribution in [1.82, 2.24) is 0 Å². The maximum Gasteiger partial charge on any atom is 0.190 e. The summed E-state index contributed by atoms with van der Waals surface area (Å²) >= 11 is 0. The topological polar surface area (TPSA) is 20.2 Å². The van der Waals surface area contributed by atoms with Crippen LogP contribution in [0, 0.1) is 5.92 Å². The monoisotopic (exact) mass is 262 g/mol. The van der Waals surface area contributed by atoms with E-state index in [1.54, 1.807) is 0 Å². The molecule has 3 unspecified atom stereocenters. The Hall–Kier alpha value is -0.860. The molecule has 2 heteroatoms. The third kappa shape index (κ3) is 2.70. The van der Waals surface area contributed by atoms with Gasteiger partial charge in [-0.1, -0.05) is 51.1 Å². The first-order chi connectivity index (χ1) is 8.90. The van der Waals surface area contributed by atoms with Crippen LogP contribution in [-0.4, -0.2) is 36.0 Å². The average molecular weight is 262 g/mol. The molecule has 1 aromatic carbocycles. The Bertz CT molecular complexity index is 415. The zero-order valence-electron chi connectivity index (χ0n) is 12.8. The summed E-state index contributed by atoms with van der Waals surface area (Å²) in [5.41, 5.74) is 1.52. The number of likely N-dealkylation sites (tertiary alicyclic amines) is 1. The van der Waals surface area contributed by atoms with Crippen molar-refractivity contribution in [2.24, 2.45) is 5.92 Å². The smallest absolute Gasteiger partial charge is 0.190 e. The zero-order valence-corrected chi connectivity index (χ0v) is 12.8. The first-order valence-electron chi connectivity index (χ1n) is 7.48. The predicted octanol–water partition coefficient (Wildman–Crippen LogP) is 3.16. The first-order valence-corrected chi connectivity index (χ1v) is 7.48. The van der Waals surface area contributed by atoms with Crippen LogP contribution in [0.5, 0.6) is 0 Å². The lowest BCUT2D eigenvalue weighted by molar-refractivity contribution is -0.942. The van der Waals surface area contributed by atoms with Gasteiger partial charge in [-0.2, -0.15) is 0 Å². The number of benzene rings is 1. The van der Waals surface area contributed by atoms with Crippen molar-refractivity contribution in [3.63, 3.8) is 0 Å². The van der Waals surface area contributed by atoms with Crippen LogP contribution in [0.3, 0.4) is 0 Å². The van der Waals surface area contributed by atoms with E-state index in [-0.39, 0.29) is 11.6 Å². The van der Waals surface area contributed by atoms with Gasteiger partial charge in [-0.15, -0.1) is 0 Å². The summed E-state index contributed by atoms with van der Waals surface area (Å²) in [5.74, 6) is 0.543. The van der Waals surface area contributed by atoms with E-state index in [1.165, 1.54) is 5.56 Å². The third-order valence-electron chi connectivity index (χ3n) is 5.13. The molecule has 1 N–H and O–H groups in total. The van der Waals surface area contributed by atoms with E-state index < -0.39 is 0 Å². The van der Waals surface area contributed by atoms with Gasteiger partial charge in [0.05, 0.1) is 20.1 Å². The largest absolute Gasteiger partial charge is 0.345 e. The Morgan fingerprint density at radius 3 is 2.47 bits per heavy atom. The molecule has 106 valence electrons. The highest BCUT2D eigenvalue weighted by atomic mass is 16.3. The molecular weight excluding hydrogens is 234 g/mol. The summed E-state index contributed by atoms with van der Waals surface area (Å²) in [6, 6.07) is 10.7. The normalized spacial score (nSPS) is 31.6. The molecule has 1 heterocycles. The van der Waals surface area contributed by atoms with Crippen LogP contribution in [0.4, 0.5) is 0 Å². The maximum atomic E-state index is 10.4. The van der Waals surface area contributed by atoms with Crippen molar-refractivity contribution >= 4 is 0 Å². The fourth-order valence-corrected chi connectivity index (χ4v) is 3.59. The van der Waals surface area contributed by atoms with Crippen molar-refractivity contribution in [2.45, 2.75) is 45.3 Å². The van der Waals surface area contributed by atoms with Gasteiger partial charge in [0.25, 0.3) is 0 Å². The highest BCUT2D eigenvalue weighted by molar-refractivity contribution is 5.24. The number of aliphatic hydroxyl groups excluding tert-OH is 1. The lowest BCUT2D eigenvalue weighted by Crippen LogP contribution is -2.49. The summed E-state index contributed by atoms with van der Waals surface area (Å²) in [4.78, 5) is 0. The van der Waals surface area contributed by atoms with Crippen LogP contribution in [-0.2, 0) is 5.41 Å². The van der Waals surface area contributed by atoms with Gasteiger partial charge in [-0.3, -0.25) is 0 Å². The lowest BCUT2D eigenvalue weighted by Gasteiger charge is -2.35. The van der Waals surface area contributed by atoms with Crippen molar-refractivity contribution < 1.29 is 9.59 Å². The summed E-state index contributed by atoms with van der Waals surface area (Å²) in [6.07, 6.45) is 1.85. The molecule has 3 atom stereocenters. The van der Waals surface area contributed by atoms with Crippen LogP contribution in [0.15, 0.2) is 30.3 Å². The van der Waals surface area contributed by atoms with Gasteiger partial charge in [0.2, 0.25) is 0 Å². The Kier molecular flexibility index (Phi) is 4.03. The van der Waals surface area contributed by atoms with Gasteiger partial charge in [-0.05, 0) is 17.4 Å². The first kappa shape index (κ1) is 14.5. The molecular formula is C17H28NO+. The van der Waals surface area contributed by atoms with Gasteiger partial charge < -0.3 is 9.59 Å². The van der Waals surface area contributed by atoms with Gasteiger partial charge >= 0.3 is 0 Å². The van der Waals surface area contributed by atoms with Crippen LogP contribution >= 0.6 is 0 Å². The summed E-state index contributed by atoms with van der Waals surface area (Å²) < 4.78 is 0.817. The van der Waals surface area contributed by atoms with Gasteiger partial charge in [0.15, 0.2) is 6.23 Å². The molecule has 0 amide bonds. The van der Waals surface area contributed by atoms with Crippen molar-refractivity contribution in [2.75, 3.05) is 20.1 Å². The number of hydrogen-bond donors (Lipinski definition) is 1. The highest BCUT2D eigenvalue weighted by Gasteiger charge is 2.48. The quantitative estimate of drug-likeness (QED) is 0.826. The van der Waals surface area contributed by atoms with Crippen LogP contribution in [0.2, 0.25) is 0 Å². The van der Waals surface area contributed by atoms with E-state index in [2.05, 4.69) is 58.2 Å². The molecule has 0 saturated carbocycles. The van der Waals surface area contributed by atoms with E-state index >= 15 is 0 Å². The highest BCUT2D eigenvalue weighted by Crippen LogP contribution is 2.41. The molecule has 0 aliphatic carbocycles. The standard InChI is InChI=1S/C17H28NO/c1-5-11-18(4)13-15(12-16(18)19)17(2,3)14-9-7-6-8-10-14/h6-10,15-16,19H,5,11-13H2,1-4H3/q+1. The van der Waals surface area contributed by atoms with E-state index in [1.807, 2.05) is 0 Å². The third-order valence-corrected chi connectivity index (χ3v) is 5.13. The minimum absolute atomic E-state index is 0.131. The minimum atomic E-state index is -0.201. The predicted molar refractivity (Wildman–Crippen MR) is 79.8 cm³/mol. The SMILES string of the molecule is CCC[N+]1(C)CC(C(C)(C)c2ccccc2)CC1O. The van der Waals surface area contributed by atoms with Crippen molar-refractivity contribution in [3.05, 3.63) is 35.9 Å². The van der Waals surface area contributed by atoms with E-state index in [9.17, 15) is 5.11 Å². The van der Waals surface area contributed by atoms with Crippen molar-refractivity contribution in [1.29, 1.82) is 0 Å². The molecule has 1 aromatic rings. The second-order valence-electron chi connectivity index (χ2n) is 6.89. The number of hydrogen-bond acceptors (Lipinski definition) is 1.